The van der Waals surface area contributed by atoms with E-state index in [0.717, 1.165) is 0 Å². The quantitative estimate of drug-likeness (QED) is 0.307. The summed E-state index contributed by atoms with van der Waals surface area (Å²) in [6.45, 7) is 0. The highest BCUT2D eigenvalue weighted by Gasteiger charge is 2.20. The number of rotatable bonds is 6. The molecule has 0 spiro atoms. The van der Waals surface area contributed by atoms with Crippen LogP contribution in [-0.2, 0) is 10.0 Å². The average molecular weight is 471 g/mol. The van der Waals surface area contributed by atoms with Crippen molar-refractivity contribution in [1.29, 1.82) is 0 Å². The van der Waals surface area contributed by atoms with Crippen molar-refractivity contribution in [2.24, 2.45) is 0 Å². The fraction of sp³-hybridized carbons (Fsp3) is 0. The van der Waals surface area contributed by atoms with Gasteiger partial charge in [0.15, 0.2) is 11.6 Å². The van der Waals surface area contributed by atoms with Crippen LogP contribution < -0.4 is 10.0 Å². The Morgan fingerprint density at radius 2 is 1.53 bits per heavy atom. The Balaban J connectivity index is 1.78. The van der Waals surface area contributed by atoms with E-state index in [0.29, 0.717) is 16.1 Å². The Bertz CT molecular complexity index is 1440. The first-order chi connectivity index (χ1) is 15.2. The van der Waals surface area contributed by atoms with Gasteiger partial charge < -0.3 is 15.5 Å². The Morgan fingerprint density at radius 3 is 2.16 bits per heavy atom. The van der Waals surface area contributed by atoms with Crippen LogP contribution in [0.1, 0.15) is 10.4 Å². The van der Waals surface area contributed by atoms with E-state index < -0.39 is 21.7 Å². The summed E-state index contributed by atoms with van der Waals surface area (Å²) in [4.78, 5) is 20.1. The summed E-state index contributed by atoms with van der Waals surface area (Å²) in [6, 6.07) is 16.3. The summed E-state index contributed by atoms with van der Waals surface area (Å²) >= 11 is 5.84. The molecule has 11 heteroatoms. The zero-order valence-corrected chi connectivity index (χ0v) is 17.7. The van der Waals surface area contributed by atoms with Crippen LogP contribution in [0, 0.1) is 0 Å². The summed E-state index contributed by atoms with van der Waals surface area (Å²) in [5, 5.41) is 22.2. The molecule has 0 aliphatic rings. The first kappa shape index (κ1) is 21.3. The van der Waals surface area contributed by atoms with Crippen molar-refractivity contribution in [3.05, 3.63) is 77.3 Å². The van der Waals surface area contributed by atoms with E-state index >= 15 is 0 Å². The van der Waals surface area contributed by atoms with Crippen LogP contribution in [0.25, 0.3) is 11.0 Å². The van der Waals surface area contributed by atoms with Crippen LogP contribution in [0.15, 0.2) is 71.6 Å². The normalized spacial score (nSPS) is 11.3. The molecule has 162 valence electrons. The third-order valence-corrected chi connectivity index (χ3v) is 6.02. The maximum Gasteiger partial charge on any atom is 0.339 e. The first-order valence-electron chi connectivity index (χ1n) is 9.11. The van der Waals surface area contributed by atoms with Gasteiger partial charge in [0.2, 0.25) is 0 Å². The number of aromatic hydroxyl groups is 1. The molecule has 4 aromatic rings. The molecule has 0 aliphatic carbocycles. The molecule has 0 saturated carbocycles. The number of aromatic carboxylic acids is 1. The zero-order chi connectivity index (χ0) is 22.9. The lowest BCUT2D eigenvalue weighted by Gasteiger charge is -2.14. The lowest BCUT2D eigenvalue weighted by Crippen LogP contribution is -2.16. The second-order valence-electron chi connectivity index (χ2n) is 6.63. The van der Waals surface area contributed by atoms with E-state index in [1.165, 1.54) is 42.5 Å². The third kappa shape index (κ3) is 4.41. The molecule has 4 N–H and O–H groups in total. The van der Waals surface area contributed by atoms with E-state index in [-0.39, 0.29) is 27.8 Å². The second kappa shape index (κ2) is 8.33. The molecule has 0 aliphatic heterocycles. The standard InChI is InChI=1S/C21H15ClN4O5S/c22-12-5-8-14(9-6-12)32(30,31)26-20-19(24-16-3-1-2-4-17(16)25-20)23-13-7-10-18(27)15(11-13)21(28)29/h1-11,27H,(H,23,24)(H,25,26)(H,28,29). The first-order valence-corrected chi connectivity index (χ1v) is 11.0. The summed E-state index contributed by atoms with van der Waals surface area (Å²) in [6.07, 6.45) is 0. The molecule has 1 heterocycles. The zero-order valence-electron chi connectivity index (χ0n) is 16.2. The maximum absolute atomic E-state index is 12.9. The number of phenols is 1. The fourth-order valence-electron chi connectivity index (χ4n) is 2.88. The van der Waals surface area contributed by atoms with Crippen LogP contribution in [-0.4, -0.2) is 34.6 Å². The number of carboxylic acid groups (broad SMARTS) is 1. The van der Waals surface area contributed by atoms with Crippen LogP contribution in [0.5, 0.6) is 5.75 Å². The molecule has 4 rings (SSSR count). The van der Waals surface area contributed by atoms with Crippen molar-refractivity contribution >= 4 is 56.0 Å². The van der Waals surface area contributed by atoms with Gasteiger partial charge >= 0.3 is 5.97 Å². The predicted octanol–water partition coefficient (Wildman–Crippen LogP) is 4.23. The average Bonchev–Trinajstić information content (AvgIpc) is 2.75. The van der Waals surface area contributed by atoms with Crippen molar-refractivity contribution in [2.45, 2.75) is 4.90 Å². The minimum Gasteiger partial charge on any atom is -0.507 e. The lowest BCUT2D eigenvalue weighted by atomic mass is 10.2. The molecule has 0 amide bonds. The van der Waals surface area contributed by atoms with Gasteiger partial charge in [0.25, 0.3) is 10.0 Å². The number of para-hydroxylation sites is 2. The molecular weight excluding hydrogens is 456 g/mol. The molecule has 0 fully saturated rings. The van der Waals surface area contributed by atoms with Gasteiger partial charge in [-0.3, -0.25) is 4.72 Å². The molecule has 0 atom stereocenters. The molecule has 0 unspecified atom stereocenters. The van der Waals surface area contributed by atoms with Crippen LogP contribution in [0.3, 0.4) is 0 Å². The molecule has 9 nitrogen and oxygen atoms in total. The van der Waals surface area contributed by atoms with Gasteiger partial charge in [-0.25, -0.2) is 23.2 Å². The maximum atomic E-state index is 12.9. The number of carboxylic acids is 1. The van der Waals surface area contributed by atoms with E-state index in [1.54, 1.807) is 24.3 Å². The number of nitrogens with one attached hydrogen (secondary N) is 2. The molecule has 1 aromatic heterocycles. The number of hydrogen-bond acceptors (Lipinski definition) is 7. The van der Waals surface area contributed by atoms with E-state index in [1.807, 2.05) is 0 Å². The van der Waals surface area contributed by atoms with Crippen molar-refractivity contribution in [2.75, 3.05) is 10.0 Å². The van der Waals surface area contributed by atoms with Crippen molar-refractivity contribution in [1.82, 2.24) is 9.97 Å². The number of nitrogens with zero attached hydrogens (tertiary/aromatic N) is 2. The summed E-state index contributed by atoms with van der Waals surface area (Å²) in [5.74, 6) is -1.78. The number of hydrogen-bond donors (Lipinski definition) is 4. The van der Waals surface area contributed by atoms with Crippen LogP contribution in [0.4, 0.5) is 17.3 Å². The van der Waals surface area contributed by atoms with E-state index in [4.69, 9.17) is 11.6 Å². The molecular formula is C21H15ClN4O5S. The van der Waals surface area contributed by atoms with Gasteiger partial charge in [-0.1, -0.05) is 23.7 Å². The van der Waals surface area contributed by atoms with Gasteiger partial charge in [0.1, 0.15) is 11.3 Å². The molecule has 0 radical (unpaired) electrons. The lowest BCUT2D eigenvalue weighted by molar-refractivity contribution is 0.0693. The van der Waals surface area contributed by atoms with Crippen molar-refractivity contribution in [3.8, 4) is 5.75 Å². The number of carbonyl (C=O) groups is 1. The monoisotopic (exact) mass is 470 g/mol. The number of benzene rings is 3. The Hall–Kier alpha value is -3.89. The number of aromatic nitrogens is 2. The topological polar surface area (TPSA) is 142 Å². The van der Waals surface area contributed by atoms with Gasteiger partial charge in [-0.2, -0.15) is 0 Å². The SMILES string of the molecule is O=C(O)c1cc(Nc2nc3ccccc3nc2NS(=O)(=O)c2ccc(Cl)cc2)ccc1O. The van der Waals surface area contributed by atoms with Crippen LogP contribution >= 0.6 is 11.6 Å². The van der Waals surface area contributed by atoms with Gasteiger partial charge in [-0.15, -0.1) is 0 Å². The number of fused-ring (bicyclic) bond motifs is 1. The number of anilines is 3. The third-order valence-electron chi connectivity index (χ3n) is 4.42. The highest BCUT2D eigenvalue weighted by molar-refractivity contribution is 7.92. The summed E-state index contributed by atoms with van der Waals surface area (Å²) in [7, 11) is -4.03. The Morgan fingerprint density at radius 1 is 0.906 bits per heavy atom. The van der Waals surface area contributed by atoms with Crippen molar-refractivity contribution < 1.29 is 23.4 Å². The van der Waals surface area contributed by atoms with Gasteiger partial charge in [0, 0.05) is 10.7 Å². The fourth-order valence-corrected chi connectivity index (χ4v) is 4.02. The van der Waals surface area contributed by atoms with Gasteiger partial charge in [-0.05, 0) is 54.6 Å². The molecule has 0 saturated heterocycles. The second-order valence-corrected chi connectivity index (χ2v) is 8.75. The minimum absolute atomic E-state index is 0.0272. The number of sulfonamides is 1. The molecule has 0 bridgehead atoms. The highest BCUT2D eigenvalue weighted by Crippen LogP contribution is 2.29. The summed E-state index contributed by atoms with van der Waals surface area (Å²) in [5.41, 5.74) is 0.870. The van der Waals surface area contributed by atoms with Gasteiger partial charge in [0.05, 0.1) is 15.9 Å². The van der Waals surface area contributed by atoms with Crippen molar-refractivity contribution in [3.63, 3.8) is 0 Å². The summed E-state index contributed by atoms with van der Waals surface area (Å²) < 4.78 is 28.2. The number of halogens is 1. The van der Waals surface area contributed by atoms with Crippen LogP contribution in [0.2, 0.25) is 5.02 Å². The predicted molar refractivity (Wildman–Crippen MR) is 120 cm³/mol. The van der Waals surface area contributed by atoms with E-state index in [2.05, 4.69) is 20.0 Å². The molecule has 32 heavy (non-hydrogen) atoms. The largest absolute Gasteiger partial charge is 0.507 e. The van der Waals surface area contributed by atoms with E-state index in [9.17, 15) is 23.4 Å². The Kier molecular flexibility index (Phi) is 5.56. The minimum atomic E-state index is -4.03. The Labute approximate surface area is 187 Å². The smallest absolute Gasteiger partial charge is 0.339 e. The molecule has 3 aromatic carbocycles. The highest BCUT2D eigenvalue weighted by atomic mass is 35.5.